The normalized spacial score (nSPS) is 10.7. The average Bonchev–Trinajstić information content (AvgIpc) is 2.48. The summed E-state index contributed by atoms with van der Waals surface area (Å²) in [6, 6.07) is 14.6. The van der Waals surface area contributed by atoms with Crippen molar-refractivity contribution in [2.24, 2.45) is 0 Å². The van der Waals surface area contributed by atoms with Crippen molar-refractivity contribution in [1.29, 1.82) is 0 Å². The van der Waals surface area contributed by atoms with Gasteiger partial charge in [-0.25, -0.2) is 0 Å². The van der Waals surface area contributed by atoms with Gasteiger partial charge in [-0.1, -0.05) is 24.3 Å². The number of methoxy groups -OCH3 is 1. The molecule has 100 valence electrons. The first-order valence-electron chi connectivity index (χ1n) is 6.37. The van der Waals surface area contributed by atoms with Gasteiger partial charge in [-0.15, -0.1) is 0 Å². The summed E-state index contributed by atoms with van der Waals surface area (Å²) in [6.45, 7) is 1.93. The Morgan fingerprint density at radius 1 is 1.05 bits per heavy atom. The summed E-state index contributed by atoms with van der Waals surface area (Å²) in [6.07, 6.45) is 0. The van der Waals surface area contributed by atoms with Crippen molar-refractivity contribution in [2.45, 2.75) is 6.92 Å². The second kappa shape index (κ2) is 4.85. The third-order valence-corrected chi connectivity index (χ3v) is 3.31. The van der Waals surface area contributed by atoms with Gasteiger partial charge in [0.15, 0.2) is 5.43 Å². The summed E-state index contributed by atoms with van der Waals surface area (Å²) in [5.74, 6) is 1.28. The number of fused-ring (bicyclic) bond motifs is 1. The first-order valence-corrected chi connectivity index (χ1v) is 6.37. The van der Waals surface area contributed by atoms with Crippen LogP contribution in [0.25, 0.3) is 22.3 Å². The van der Waals surface area contributed by atoms with E-state index >= 15 is 0 Å². The van der Waals surface area contributed by atoms with Gasteiger partial charge in [-0.05, 0) is 30.7 Å². The number of hydrogen-bond acceptors (Lipinski definition) is 3. The zero-order valence-corrected chi connectivity index (χ0v) is 11.3. The Balaban J connectivity index is 2.27. The van der Waals surface area contributed by atoms with E-state index in [4.69, 9.17) is 9.15 Å². The first-order chi connectivity index (χ1) is 9.69. The van der Waals surface area contributed by atoms with Crippen molar-refractivity contribution in [1.82, 2.24) is 0 Å². The molecule has 0 fully saturated rings. The second-order valence-electron chi connectivity index (χ2n) is 4.66. The van der Waals surface area contributed by atoms with E-state index in [9.17, 15) is 4.79 Å². The van der Waals surface area contributed by atoms with E-state index in [0.717, 1.165) is 16.9 Å². The summed E-state index contributed by atoms with van der Waals surface area (Å²) < 4.78 is 11.1. The van der Waals surface area contributed by atoms with E-state index in [2.05, 4.69) is 0 Å². The minimum atomic E-state index is -0.0345. The summed E-state index contributed by atoms with van der Waals surface area (Å²) in [7, 11) is 1.61. The average molecular weight is 266 g/mol. The van der Waals surface area contributed by atoms with Crippen LogP contribution in [-0.2, 0) is 0 Å². The zero-order chi connectivity index (χ0) is 14.1. The molecule has 2 aromatic carbocycles. The molecule has 0 unspecified atom stereocenters. The first kappa shape index (κ1) is 12.5. The molecule has 3 aromatic rings. The lowest BCUT2D eigenvalue weighted by atomic mass is 10.1. The molecule has 1 heterocycles. The number of benzene rings is 2. The predicted molar refractivity (Wildman–Crippen MR) is 79.2 cm³/mol. The van der Waals surface area contributed by atoms with E-state index in [0.29, 0.717) is 16.7 Å². The molecule has 3 heteroatoms. The summed E-state index contributed by atoms with van der Waals surface area (Å²) in [5, 5.41) is 0.608. The Morgan fingerprint density at radius 2 is 1.85 bits per heavy atom. The molecule has 20 heavy (non-hydrogen) atoms. The maximum atomic E-state index is 12.2. The van der Waals surface area contributed by atoms with E-state index in [1.54, 1.807) is 13.2 Å². The van der Waals surface area contributed by atoms with Crippen molar-refractivity contribution in [3.8, 4) is 17.1 Å². The zero-order valence-electron chi connectivity index (χ0n) is 11.3. The van der Waals surface area contributed by atoms with Crippen LogP contribution in [-0.4, -0.2) is 7.11 Å². The fourth-order valence-corrected chi connectivity index (χ4v) is 2.24. The molecule has 3 nitrogen and oxygen atoms in total. The molecule has 0 N–H and O–H groups in total. The monoisotopic (exact) mass is 266 g/mol. The van der Waals surface area contributed by atoms with E-state index in [-0.39, 0.29) is 5.43 Å². The number of hydrogen-bond donors (Lipinski definition) is 0. The van der Waals surface area contributed by atoms with E-state index < -0.39 is 0 Å². The lowest BCUT2D eigenvalue weighted by Crippen LogP contribution is -2.01. The lowest BCUT2D eigenvalue weighted by molar-refractivity contribution is 0.415. The van der Waals surface area contributed by atoms with Crippen LogP contribution in [0.5, 0.6) is 5.75 Å². The molecular weight excluding hydrogens is 252 g/mol. The standard InChI is InChI=1S/C17H14O3/c1-11-5-3-8-14-15(18)10-16(20-17(11)14)12-6-4-7-13(9-12)19-2/h3-10H,1-2H3. The molecule has 0 amide bonds. The summed E-state index contributed by atoms with van der Waals surface area (Å²) in [4.78, 5) is 12.2. The molecule has 1 aromatic heterocycles. The van der Waals surface area contributed by atoms with Crippen molar-refractivity contribution in [3.05, 3.63) is 64.3 Å². The number of para-hydroxylation sites is 1. The molecule has 0 saturated carbocycles. The Hall–Kier alpha value is -2.55. The maximum Gasteiger partial charge on any atom is 0.193 e. The van der Waals surface area contributed by atoms with E-state index in [1.165, 1.54) is 6.07 Å². The predicted octanol–water partition coefficient (Wildman–Crippen LogP) is 3.78. The fourth-order valence-electron chi connectivity index (χ4n) is 2.24. The van der Waals surface area contributed by atoms with Gasteiger partial charge in [0.1, 0.15) is 17.1 Å². The van der Waals surface area contributed by atoms with Crippen molar-refractivity contribution >= 4 is 11.0 Å². The summed E-state index contributed by atoms with van der Waals surface area (Å²) >= 11 is 0. The number of ether oxygens (including phenoxy) is 1. The van der Waals surface area contributed by atoms with Crippen molar-refractivity contribution < 1.29 is 9.15 Å². The van der Waals surface area contributed by atoms with Gasteiger partial charge in [0.2, 0.25) is 0 Å². The molecule has 0 atom stereocenters. The third-order valence-electron chi connectivity index (χ3n) is 3.31. The molecule has 0 aliphatic heterocycles. The SMILES string of the molecule is COc1cccc(-c2cc(=O)c3cccc(C)c3o2)c1. The molecule has 0 bridgehead atoms. The van der Waals surface area contributed by atoms with Crippen LogP contribution >= 0.6 is 0 Å². The quantitative estimate of drug-likeness (QED) is 0.708. The van der Waals surface area contributed by atoms with Gasteiger partial charge in [-0.2, -0.15) is 0 Å². The fraction of sp³-hybridized carbons (Fsp3) is 0.118. The van der Waals surface area contributed by atoms with Crippen LogP contribution in [0.3, 0.4) is 0 Å². The van der Waals surface area contributed by atoms with Gasteiger partial charge in [0, 0.05) is 11.6 Å². The smallest absolute Gasteiger partial charge is 0.193 e. The summed E-state index contributed by atoms with van der Waals surface area (Å²) in [5.41, 5.74) is 2.38. The van der Waals surface area contributed by atoms with Crippen LogP contribution in [0.1, 0.15) is 5.56 Å². The van der Waals surface area contributed by atoms with Gasteiger partial charge < -0.3 is 9.15 Å². The van der Waals surface area contributed by atoms with Crippen LogP contribution in [0.2, 0.25) is 0 Å². The van der Waals surface area contributed by atoms with Crippen LogP contribution in [0.15, 0.2) is 57.7 Å². The second-order valence-corrected chi connectivity index (χ2v) is 4.66. The molecule has 3 rings (SSSR count). The highest BCUT2D eigenvalue weighted by Crippen LogP contribution is 2.26. The minimum absolute atomic E-state index is 0.0345. The topological polar surface area (TPSA) is 39.4 Å². The number of aryl methyl sites for hydroxylation is 1. The molecular formula is C17H14O3. The highest BCUT2D eigenvalue weighted by Gasteiger charge is 2.09. The largest absolute Gasteiger partial charge is 0.497 e. The molecule has 0 radical (unpaired) electrons. The third kappa shape index (κ3) is 2.07. The molecule has 0 saturated heterocycles. The highest BCUT2D eigenvalue weighted by atomic mass is 16.5. The molecule has 0 aliphatic rings. The molecule has 0 spiro atoms. The van der Waals surface area contributed by atoms with Gasteiger partial charge in [0.05, 0.1) is 12.5 Å². The Bertz CT molecular complexity index is 831. The Morgan fingerprint density at radius 3 is 2.65 bits per heavy atom. The maximum absolute atomic E-state index is 12.2. The van der Waals surface area contributed by atoms with Crippen LogP contribution in [0.4, 0.5) is 0 Å². The van der Waals surface area contributed by atoms with Gasteiger partial charge in [-0.3, -0.25) is 4.79 Å². The Kier molecular flexibility index (Phi) is 3.03. The lowest BCUT2D eigenvalue weighted by Gasteiger charge is -2.06. The van der Waals surface area contributed by atoms with Crippen LogP contribution in [0, 0.1) is 6.92 Å². The van der Waals surface area contributed by atoms with Gasteiger partial charge >= 0.3 is 0 Å². The molecule has 0 aliphatic carbocycles. The van der Waals surface area contributed by atoms with E-state index in [1.807, 2.05) is 43.3 Å². The van der Waals surface area contributed by atoms with Crippen molar-refractivity contribution in [3.63, 3.8) is 0 Å². The number of rotatable bonds is 2. The van der Waals surface area contributed by atoms with Gasteiger partial charge in [0.25, 0.3) is 0 Å². The Labute approximate surface area is 116 Å². The highest BCUT2D eigenvalue weighted by molar-refractivity contribution is 5.81. The van der Waals surface area contributed by atoms with Crippen molar-refractivity contribution in [2.75, 3.05) is 7.11 Å². The minimum Gasteiger partial charge on any atom is -0.497 e. The van der Waals surface area contributed by atoms with Crippen LogP contribution < -0.4 is 10.2 Å².